The molecule has 0 atom stereocenters. The molecule has 3 aromatic rings. The smallest absolute Gasteiger partial charge is 0.233 e. The zero-order valence-corrected chi connectivity index (χ0v) is 18.0. The van der Waals surface area contributed by atoms with E-state index in [-0.39, 0.29) is 6.04 Å². The Bertz CT molecular complexity index is 830. The van der Waals surface area contributed by atoms with Crippen molar-refractivity contribution in [1.82, 2.24) is 15.0 Å². The van der Waals surface area contributed by atoms with Gasteiger partial charge in [0.2, 0.25) is 17.8 Å². The minimum atomic E-state index is 0.213. The Labute approximate surface area is 174 Å². The van der Waals surface area contributed by atoms with Crippen molar-refractivity contribution < 1.29 is 0 Å². The van der Waals surface area contributed by atoms with Gasteiger partial charge in [-0.25, -0.2) is 0 Å². The van der Waals surface area contributed by atoms with Gasteiger partial charge in [-0.05, 0) is 74.9 Å². The van der Waals surface area contributed by atoms with Crippen LogP contribution in [0.3, 0.4) is 0 Å². The molecule has 0 saturated carbocycles. The molecule has 0 spiro atoms. The summed E-state index contributed by atoms with van der Waals surface area (Å²) in [5.41, 5.74) is 1.85. The van der Waals surface area contributed by atoms with E-state index in [1.54, 1.807) is 23.5 Å². The lowest BCUT2D eigenvalue weighted by molar-refractivity contribution is 0.869. The highest BCUT2D eigenvalue weighted by Crippen LogP contribution is 2.23. The molecule has 0 unspecified atom stereocenters. The lowest BCUT2D eigenvalue weighted by Crippen LogP contribution is -2.15. The Morgan fingerprint density at radius 1 is 0.643 bits per heavy atom. The highest BCUT2D eigenvalue weighted by atomic mass is 32.2. The fourth-order valence-electron chi connectivity index (χ4n) is 2.42. The van der Waals surface area contributed by atoms with Crippen molar-refractivity contribution in [3.8, 4) is 0 Å². The Morgan fingerprint density at radius 3 is 1.39 bits per heavy atom. The number of hydrogen-bond donors (Lipinski definition) is 3. The number of thioether (sulfide) groups is 2. The van der Waals surface area contributed by atoms with Gasteiger partial charge < -0.3 is 16.0 Å². The Kier molecular flexibility index (Phi) is 7.00. The van der Waals surface area contributed by atoms with Crippen molar-refractivity contribution >= 4 is 52.7 Å². The van der Waals surface area contributed by atoms with Gasteiger partial charge in [-0.2, -0.15) is 15.0 Å². The summed E-state index contributed by atoms with van der Waals surface area (Å²) in [6, 6.07) is 16.5. The summed E-state index contributed by atoms with van der Waals surface area (Å²) in [6.45, 7) is 4.10. The lowest BCUT2D eigenvalue weighted by atomic mass is 10.3. The van der Waals surface area contributed by atoms with E-state index in [1.807, 2.05) is 38.1 Å². The first-order valence-electron chi connectivity index (χ1n) is 8.90. The van der Waals surface area contributed by atoms with E-state index in [9.17, 15) is 0 Å². The van der Waals surface area contributed by atoms with Crippen molar-refractivity contribution in [3.63, 3.8) is 0 Å². The first-order valence-corrected chi connectivity index (χ1v) is 11.4. The summed E-state index contributed by atoms with van der Waals surface area (Å²) >= 11 is 3.42. The molecule has 1 heterocycles. The van der Waals surface area contributed by atoms with E-state index >= 15 is 0 Å². The van der Waals surface area contributed by atoms with Gasteiger partial charge in [-0.15, -0.1) is 23.5 Å². The van der Waals surface area contributed by atoms with E-state index in [0.29, 0.717) is 17.8 Å². The highest BCUT2D eigenvalue weighted by Gasteiger charge is 2.09. The molecule has 0 saturated heterocycles. The molecule has 0 aliphatic carbocycles. The van der Waals surface area contributed by atoms with Gasteiger partial charge in [0.1, 0.15) is 0 Å². The molecular weight excluding hydrogens is 388 g/mol. The Balaban J connectivity index is 1.84. The summed E-state index contributed by atoms with van der Waals surface area (Å²) in [5.74, 6) is 1.49. The van der Waals surface area contributed by atoms with Crippen LogP contribution in [0.15, 0.2) is 58.3 Å². The van der Waals surface area contributed by atoms with Crippen LogP contribution in [-0.4, -0.2) is 33.5 Å². The standard InChI is InChI=1S/C20H24N6S2/c1-13(2)21-18-24-19(22-14-5-9-16(27-3)10-6-14)26-20(25-18)23-15-7-11-17(28-4)12-8-15/h5-13H,1-4H3,(H3,21,22,23,24,25,26). The van der Waals surface area contributed by atoms with Crippen molar-refractivity contribution in [2.45, 2.75) is 29.7 Å². The number of rotatable bonds is 8. The van der Waals surface area contributed by atoms with Crippen molar-refractivity contribution in [2.75, 3.05) is 28.5 Å². The Morgan fingerprint density at radius 2 is 1.04 bits per heavy atom. The predicted molar refractivity (Wildman–Crippen MR) is 122 cm³/mol. The zero-order chi connectivity index (χ0) is 19.9. The van der Waals surface area contributed by atoms with Gasteiger partial charge in [-0.1, -0.05) is 0 Å². The predicted octanol–water partition coefficient (Wildman–Crippen LogP) is 5.62. The van der Waals surface area contributed by atoms with Gasteiger partial charge in [0, 0.05) is 27.2 Å². The molecule has 0 radical (unpaired) electrons. The zero-order valence-electron chi connectivity index (χ0n) is 16.4. The second-order valence-corrected chi connectivity index (χ2v) is 8.07. The topological polar surface area (TPSA) is 74.8 Å². The third-order valence-corrected chi connectivity index (χ3v) is 5.23. The fourth-order valence-corrected chi connectivity index (χ4v) is 3.23. The van der Waals surface area contributed by atoms with Crippen LogP contribution in [0.1, 0.15) is 13.8 Å². The largest absolute Gasteiger partial charge is 0.352 e. The van der Waals surface area contributed by atoms with Crippen molar-refractivity contribution in [3.05, 3.63) is 48.5 Å². The maximum absolute atomic E-state index is 4.52. The van der Waals surface area contributed by atoms with E-state index in [0.717, 1.165) is 11.4 Å². The molecule has 3 rings (SSSR count). The first-order chi connectivity index (χ1) is 13.6. The van der Waals surface area contributed by atoms with Crippen LogP contribution < -0.4 is 16.0 Å². The molecule has 6 nitrogen and oxygen atoms in total. The molecule has 0 bridgehead atoms. The van der Waals surface area contributed by atoms with E-state index in [1.165, 1.54) is 9.79 Å². The molecule has 0 amide bonds. The molecular formula is C20H24N6S2. The maximum atomic E-state index is 4.52. The first kappa shape index (κ1) is 20.3. The number of anilines is 5. The molecule has 1 aromatic heterocycles. The van der Waals surface area contributed by atoms with Crippen LogP contribution in [0.25, 0.3) is 0 Å². The number of aromatic nitrogens is 3. The lowest BCUT2D eigenvalue weighted by Gasteiger charge is -2.13. The van der Waals surface area contributed by atoms with Gasteiger partial charge in [-0.3, -0.25) is 0 Å². The summed E-state index contributed by atoms with van der Waals surface area (Å²) in [7, 11) is 0. The second kappa shape index (κ2) is 9.66. The molecule has 8 heteroatoms. The average Bonchev–Trinajstić information content (AvgIpc) is 2.68. The van der Waals surface area contributed by atoms with E-state index < -0.39 is 0 Å². The Hall–Kier alpha value is -2.45. The van der Waals surface area contributed by atoms with Gasteiger partial charge >= 0.3 is 0 Å². The normalized spacial score (nSPS) is 10.8. The fraction of sp³-hybridized carbons (Fsp3) is 0.250. The van der Waals surface area contributed by atoms with Crippen LogP contribution in [0.5, 0.6) is 0 Å². The second-order valence-electron chi connectivity index (χ2n) is 6.31. The van der Waals surface area contributed by atoms with Gasteiger partial charge in [0.15, 0.2) is 0 Å². The molecule has 2 aromatic carbocycles. The van der Waals surface area contributed by atoms with Crippen LogP contribution in [-0.2, 0) is 0 Å². The number of nitrogens with zero attached hydrogens (tertiary/aromatic N) is 3. The van der Waals surface area contributed by atoms with Crippen LogP contribution >= 0.6 is 23.5 Å². The summed E-state index contributed by atoms with van der Waals surface area (Å²) in [5, 5.41) is 9.76. The SMILES string of the molecule is CSc1ccc(Nc2nc(Nc3ccc(SC)cc3)nc(NC(C)C)n2)cc1. The summed E-state index contributed by atoms with van der Waals surface area (Å²) in [4.78, 5) is 15.9. The summed E-state index contributed by atoms with van der Waals surface area (Å²) in [6.07, 6.45) is 4.11. The maximum Gasteiger partial charge on any atom is 0.233 e. The number of benzene rings is 2. The monoisotopic (exact) mass is 412 g/mol. The van der Waals surface area contributed by atoms with Crippen LogP contribution in [0.2, 0.25) is 0 Å². The molecule has 28 heavy (non-hydrogen) atoms. The molecule has 0 aliphatic rings. The molecule has 0 fully saturated rings. The molecule has 0 aliphatic heterocycles. The molecule has 3 N–H and O–H groups in total. The number of hydrogen-bond acceptors (Lipinski definition) is 8. The van der Waals surface area contributed by atoms with Crippen LogP contribution in [0.4, 0.5) is 29.2 Å². The number of nitrogens with one attached hydrogen (secondary N) is 3. The van der Waals surface area contributed by atoms with Gasteiger partial charge in [0.05, 0.1) is 0 Å². The van der Waals surface area contributed by atoms with Crippen molar-refractivity contribution in [1.29, 1.82) is 0 Å². The van der Waals surface area contributed by atoms with Crippen LogP contribution in [0, 0.1) is 0 Å². The third kappa shape index (κ3) is 5.77. The average molecular weight is 413 g/mol. The van der Waals surface area contributed by atoms with E-state index in [4.69, 9.17) is 0 Å². The minimum absolute atomic E-state index is 0.213. The highest BCUT2D eigenvalue weighted by molar-refractivity contribution is 7.98. The quantitative estimate of drug-likeness (QED) is 0.412. The minimum Gasteiger partial charge on any atom is -0.352 e. The van der Waals surface area contributed by atoms with Gasteiger partial charge in [0.25, 0.3) is 0 Å². The summed E-state index contributed by atoms with van der Waals surface area (Å²) < 4.78 is 0. The third-order valence-electron chi connectivity index (χ3n) is 3.75. The molecule has 146 valence electrons. The van der Waals surface area contributed by atoms with E-state index in [2.05, 4.69) is 67.7 Å². The van der Waals surface area contributed by atoms with Crippen molar-refractivity contribution in [2.24, 2.45) is 0 Å².